The predicted molar refractivity (Wildman–Crippen MR) is 80.5 cm³/mol. The van der Waals surface area contributed by atoms with Crippen LogP contribution in [0.1, 0.15) is 41.5 Å². The van der Waals surface area contributed by atoms with Crippen LogP contribution in [0.15, 0.2) is 12.8 Å². The highest BCUT2D eigenvalue weighted by Crippen LogP contribution is 1.70. The molecule has 0 aliphatic rings. The van der Waals surface area contributed by atoms with Crippen molar-refractivity contribution in [3.63, 3.8) is 0 Å². The summed E-state index contributed by atoms with van der Waals surface area (Å²) in [6.07, 6.45) is 1.85. The molecule has 7 nitrogen and oxygen atoms in total. The van der Waals surface area contributed by atoms with Crippen LogP contribution in [0.4, 0.5) is 0 Å². The number of methoxy groups -OCH3 is 1. The smallest absolute Gasteiger partial charge is 0.307 e. The van der Waals surface area contributed by atoms with Crippen molar-refractivity contribution in [1.29, 1.82) is 0 Å². The molecule has 0 heterocycles. The number of hydrogen-bond acceptors (Lipinski definition) is 7. The second-order valence-electron chi connectivity index (χ2n) is 2.93. The minimum atomic E-state index is -0.329. The highest BCUT2D eigenvalue weighted by atomic mass is 16.5. The van der Waals surface area contributed by atoms with Crippen molar-refractivity contribution in [3.8, 4) is 0 Å². The molecule has 21 heavy (non-hydrogen) atoms. The Labute approximate surface area is 126 Å². The van der Waals surface area contributed by atoms with E-state index in [0.717, 1.165) is 12.5 Å². The number of rotatable bonds is 1. The van der Waals surface area contributed by atoms with E-state index in [4.69, 9.17) is 9.90 Å². The highest BCUT2D eigenvalue weighted by molar-refractivity contribution is 5.72. The topological polar surface area (TPSA) is 107 Å². The second kappa shape index (κ2) is 36.1. The molecule has 0 unspecified atom stereocenters. The van der Waals surface area contributed by atoms with Crippen LogP contribution in [0.25, 0.3) is 0 Å². The number of carbonyl (C=O) groups excluding carboxylic acids is 4. The number of Topliss-reactive ketones (excluding diaryl/α,β-unsaturated/α-hetero) is 1. The SMILES string of the molecule is C=COC(C)=O.CC(C)=O.CC=O.CCO.COC(C)=O. The van der Waals surface area contributed by atoms with Gasteiger partial charge in [-0.25, -0.2) is 0 Å². The van der Waals surface area contributed by atoms with E-state index in [9.17, 15) is 14.4 Å². The zero-order valence-corrected chi connectivity index (χ0v) is 14.0. The van der Waals surface area contributed by atoms with Crippen molar-refractivity contribution in [1.82, 2.24) is 0 Å². The maximum Gasteiger partial charge on any atom is 0.307 e. The van der Waals surface area contributed by atoms with Crippen LogP contribution in [0.3, 0.4) is 0 Å². The Morgan fingerprint density at radius 2 is 1.29 bits per heavy atom. The Bertz CT molecular complexity index is 256. The Kier molecular flexibility index (Phi) is 54.0. The lowest BCUT2D eigenvalue weighted by Gasteiger charge is -1.83. The van der Waals surface area contributed by atoms with Crippen LogP contribution in [0.5, 0.6) is 0 Å². The van der Waals surface area contributed by atoms with E-state index in [2.05, 4.69) is 16.1 Å². The first-order chi connectivity index (χ1) is 9.60. The predicted octanol–water partition coefficient (Wildman–Crippen LogP) is 1.67. The fourth-order valence-corrected chi connectivity index (χ4v) is 0.117. The number of aldehydes is 1. The van der Waals surface area contributed by atoms with Crippen LogP contribution >= 0.6 is 0 Å². The molecule has 0 rings (SSSR count). The third kappa shape index (κ3) is 517. The molecule has 1 N–H and O–H groups in total. The van der Waals surface area contributed by atoms with E-state index in [1.165, 1.54) is 41.7 Å². The third-order valence-corrected chi connectivity index (χ3v) is 0.537. The Balaban J connectivity index is -0.0000000524. The molecule has 0 atom stereocenters. The average molecular weight is 308 g/mol. The van der Waals surface area contributed by atoms with E-state index in [1.807, 2.05) is 0 Å². The van der Waals surface area contributed by atoms with Gasteiger partial charge in [-0.2, -0.15) is 0 Å². The summed E-state index contributed by atoms with van der Waals surface area (Å²) in [5, 5.41) is 7.57. The Morgan fingerprint density at radius 3 is 1.29 bits per heavy atom. The van der Waals surface area contributed by atoms with Gasteiger partial charge in [0.15, 0.2) is 0 Å². The van der Waals surface area contributed by atoms with Gasteiger partial charge in [0.25, 0.3) is 0 Å². The molecular weight excluding hydrogens is 280 g/mol. The van der Waals surface area contributed by atoms with E-state index in [1.54, 1.807) is 6.92 Å². The molecule has 0 radical (unpaired) electrons. The van der Waals surface area contributed by atoms with Crippen LogP contribution in [0, 0.1) is 0 Å². The van der Waals surface area contributed by atoms with Crippen molar-refractivity contribution in [3.05, 3.63) is 12.8 Å². The summed E-state index contributed by atoms with van der Waals surface area (Å²) in [6, 6.07) is 0. The molecule has 0 saturated carbocycles. The normalized spacial score (nSPS) is 6.29. The molecular formula is C14H28O7. The fourth-order valence-electron chi connectivity index (χ4n) is 0.117. The molecule has 0 aromatic rings. The number of ether oxygens (including phenoxy) is 2. The van der Waals surface area contributed by atoms with Gasteiger partial charge in [-0.05, 0) is 27.7 Å². The summed E-state index contributed by atoms with van der Waals surface area (Å²) in [7, 11) is 1.35. The van der Waals surface area contributed by atoms with Crippen molar-refractivity contribution >= 4 is 24.0 Å². The minimum Gasteiger partial charge on any atom is -0.469 e. The largest absolute Gasteiger partial charge is 0.469 e. The quantitative estimate of drug-likeness (QED) is 0.446. The molecule has 0 amide bonds. The first-order valence-electron chi connectivity index (χ1n) is 5.91. The molecule has 126 valence electrons. The maximum atomic E-state index is 9.75. The van der Waals surface area contributed by atoms with Gasteiger partial charge in [-0.15, -0.1) is 0 Å². The Morgan fingerprint density at radius 1 is 1.10 bits per heavy atom. The molecule has 0 aromatic heterocycles. The van der Waals surface area contributed by atoms with Crippen molar-refractivity contribution in [2.24, 2.45) is 0 Å². The van der Waals surface area contributed by atoms with Crippen molar-refractivity contribution < 1.29 is 33.8 Å². The van der Waals surface area contributed by atoms with Crippen molar-refractivity contribution in [2.75, 3.05) is 13.7 Å². The van der Waals surface area contributed by atoms with E-state index < -0.39 is 0 Å². The van der Waals surface area contributed by atoms with Gasteiger partial charge in [0, 0.05) is 20.5 Å². The fraction of sp³-hybridized carbons (Fsp3) is 0.571. The molecule has 0 saturated heterocycles. The number of aliphatic hydroxyl groups excluding tert-OH is 1. The van der Waals surface area contributed by atoms with Gasteiger partial charge in [-0.1, -0.05) is 6.58 Å². The second-order valence-corrected chi connectivity index (χ2v) is 2.93. The van der Waals surface area contributed by atoms with Gasteiger partial charge in [0.1, 0.15) is 12.1 Å². The molecule has 0 fully saturated rings. The first-order valence-corrected chi connectivity index (χ1v) is 5.91. The van der Waals surface area contributed by atoms with Crippen LogP contribution < -0.4 is 0 Å². The summed E-state index contributed by atoms with van der Waals surface area (Å²) in [5.41, 5.74) is 0. The van der Waals surface area contributed by atoms with Crippen molar-refractivity contribution in [2.45, 2.75) is 41.5 Å². The first kappa shape index (κ1) is 31.4. The molecule has 0 bridgehead atoms. The lowest BCUT2D eigenvalue weighted by atomic mass is 10.6. The summed E-state index contributed by atoms with van der Waals surface area (Å²) in [6.45, 7) is 12.3. The number of hydrogen-bond donors (Lipinski definition) is 1. The van der Waals surface area contributed by atoms with Crippen LogP contribution in [0.2, 0.25) is 0 Å². The molecule has 0 aromatic carbocycles. The van der Waals surface area contributed by atoms with Gasteiger partial charge >= 0.3 is 11.9 Å². The average Bonchev–Trinajstić information content (AvgIpc) is 2.30. The highest BCUT2D eigenvalue weighted by Gasteiger charge is 1.79. The molecule has 0 aliphatic heterocycles. The zero-order chi connectivity index (χ0) is 18.3. The van der Waals surface area contributed by atoms with Gasteiger partial charge in [-0.3, -0.25) is 9.59 Å². The maximum absolute atomic E-state index is 9.75. The summed E-state index contributed by atoms with van der Waals surface area (Å²) in [4.78, 5) is 37.6. The van der Waals surface area contributed by atoms with Gasteiger partial charge < -0.3 is 24.2 Å². The zero-order valence-electron chi connectivity index (χ0n) is 14.0. The number of esters is 2. The molecule has 0 spiro atoms. The summed E-state index contributed by atoms with van der Waals surface area (Å²) < 4.78 is 8.28. The minimum absolute atomic E-state index is 0.167. The van der Waals surface area contributed by atoms with Gasteiger partial charge in [0.05, 0.1) is 13.4 Å². The summed E-state index contributed by atoms with van der Waals surface area (Å²) in [5.74, 6) is -0.407. The van der Waals surface area contributed by atoms with Crippen LogP contribution in [-0.4, -0.2) is 42.8 Å². The number of carbonyl (C=O) groups is 4. The number of aliphatic hydroxyl groups is 1. The van der Waals surface area contributed by atoms with Gasteiger partial charge in [0.2, 0.25) is 0 Å². The molecule has 0 aliphatic carbocycles. The third-order valence-electron chi connectivity index (χ3n) is 0.537. The summed E-state index contributed by atoms with van der Waals surface area (Å²) >= 11 is 0. The monoisotopic (exact) mass is 308 g/mol. The molecule has 7 heteroatoms. The van der Waals surface area contributed by atoms with E-state index in [-0.39, 0.29) is 24.3 Å². The standard InChI is InChI=1S/C4H6O2.C3H6O2.C3H6O.C2H6O.C2H4O/c1-3-6-4(2)5;1-3(4)5-2;1-3(2)4;2*1-2-3/h3H,1H2,2H3;1-2H3;1-2H3;3H,2H2,1H3;2H,1H3. The van der Waals surface area contributed by atoms with E-state index in [0.29, 0.717) is 0 Å². The Hall–Kier alpha value is -2.02. The van der Waals surface area contributed by atoms with Crippen LogP contribution in [-0.2, 0) is 28.7 Å². The lowest BCUT2D eigenvalue weighted by Crippen LogP contribution is -1.88. The lowest BCUT2D eigenvalue weighted by molar-refractivity contribution is -0.138. The van der Waals surface area contributed by atoms with E-state index >= 15 is 0 Å². The number of ketones is 1.